The zero-order valence-corrected chi connectivity index (χ0v) is 9.52. The van der Waals surface area contributed by atoms with Gasteiger partial charge in [0.15, 0.2) is 0 Å². The molecule has 0 spiro atoms. The third-order valence-corrected chi connectivity index (χ3v) is 3.10. The van der Waals surface area contributed by atoms with E-state index in [1.807, 2.05) is 13.8 Å². The number of nitrogens with zero attached hydrogens (tertiary/aromatic N) is 1. The first-order chi connectivity index (χ1) is 7.97. The van der Waals surface area contributed by atoms with Crippen molar-refractivity contribution < 1.29 is 14.5 Å². The molecule has 1 aliphatic rings. The van der Waals surface area contributed by atoms with Crippen molar-refractivity contribution in [3.05, 3.63) is 44.5 Å². The van der Waals surface area contributed by atoms with E-state index in [1.54, 1.807) is 12.1 Å². The van der Waals surface area contributed by atoms with Gasteiger partial charge >= 0.3 is 6.04 Å². The first kappa shape index (κ1) is 11.4. The van der Waals surface area contributed by atoms with Crippen molar-refractivity contribution >= 4 is 11.6 Å². The second-order valence-electron chi connectivity index (χ2n) is 4.09. The Labute approximate surface area is 97.6 Å². The predicted molar refractivity (Wildman–Crippen MR) is 60.0 cm³/mol. The van der Waals surface area contributed by atoms with Crippen molar-refractivity contribution in [3.63, 3.8) is 0 Å². The highest BCUT2D eigenvalue weighted by atomic mass is 16.6. The van der Waals surface area contributed by atoms with Gasteiger partial charge in [-0.1, -0.05) is 6.92 Å². The van der Waals surface area contributed by atoms with Gasteiger partial charge in [-0.05, 0) is 36.6 Å². The van der Waals surface area contributed by atoms with Gasteiger partial charge in [0, 0.05) is 16.1 Å². The average Bonchev–Trinajstić information content (AvgIpc) is 2.50. The number of hydrogen-bond acceptors (Lipinski definition) is 4. The number of ketones is 2. The third-order valence-electron chi connectivity index (χ3n) is 3.10. The van der Waals surface area contributed by atoms with E-state index < -0.39 is 22.5 Å². The van der Waals surface area contributed by atoms with Crippen molar-refractivity contribution in [2.24, 2.45) is 0 Å². The number of Topliss-reactive ketones (excluding diaryl/α,β-unsaturated/α-hetero) is 2. The van der Waals surface area contributed by atoms with Crippen LogP contribution in [0.15, 0.2) is 12.1 Å². The summed E-state index contributed by atoms with van der Waals surface area (Å²) in [7, 11) is 0. The van der Waals surface area contributed by atoms with E-state index in [0.717, 1.165) is 17.5 Å². The minimum atomic E-state index is -1.74. The van der Waals surface area contributed by atoms with Gasteiger partial charge in [-0.2, -0.15) is 0 Å². The molecule has 1 aromatic carbocycles. The number of rotatable bonds is 2. The largest absolute Gasteiger partial charge is 0.336 e. The fourth-order valence-corrected chi connectivity index (χ4v) is 2.15. The van der Waals surface area contributed by atoms with Gasteiger partial charge < -0.3 is 0 Å². The van der Waals surface area contributed by atoms with Crippen LogP contribution in [0.3, 0.4) is 0 Å². The number of nitro groups is 1. The minimum Gasteiger partial charge on any atom is -0.286 e. The standard InChI is InChI=1S/C12H11NO4/c1-3-7-5-9-8(4-6(7)2)11(14)10(12(9)15)13(16)17/h4-5,10H,3H2,1-2H3. The summed E-state index contributed by atoms with van der Waals surface area (Å²) in [5.41, 5.74) is 2.20. The maximum absolute atomic E-state index is 11.8. The van der Waals surface area contributed by atoms with Crippen LogP contribution in [0.25, 0.3) is 0 Å². The van der Waals surface area contributed by atoms with Crippen molar-refractivity contribution in [2.45, 2.75) is 26.3 Å². The van der Waals surface area contributed by atoms with Crippen molar-refractivity contribution in [2.75, 3.05) is 0 Å². The minimum absolute atomic E-state index is 0.186. The molecule has 2 rings (SSSR count). The van der Waals surface area contributed by atoms with E-state index in [4.69, 9.17) is 0 Å². The Bertz CT molecular complexity index is 548. The lowest BCUT2D eigenvalue weighted by Gasteiger charge is -2.04. The summed E-state index contributed by atoms with van der Waals surface area (Å²) in [6.45, 7) is 3.76. The topological polar surface area (TPSA) is 77.3 Å². The van der Waals surface area contributed by atoms with E-state index in [1.165, 1.54) is 0 Å². The number of carbonyl (C=O) groups is 2. The molecule has 0 saturated carbocycles. The van der Waals surface area contributed by atoms with Crippen molar-refractivity contribution in [1.29, 1.82) is 0 Å². The summed E-state index contributed by atoms with van der Waals surface area (Å²) in [6, 6.07) is 1.45. The van der Waals surface area contributed by atoms with Crippen LogP contribution < -0.4 is 0 Å². The number of benzene rings is 1. The molecule has 17 heavy (non-hydrogen) atoms. The summed E-state index contributed by atoms with van der Waals surface area (Å²) in [5, 5.41) is 10.7. The fraction of sp³-hybridized carbons (Fsp3) is 0.333. The van der Waals surface area contributed by atoms with E-state index in [0.29, 0.717) is 0 Å². The zero-order chi connectivity index (χ0) is 12.7. The normalized spacial score (nSPS) is 18.4. The monoisotopic (exact) mass is 233 g/mol. The molecule has 0 amide bonds. The van der Waals surface area contributed by atoms with Gasteiger partial charge in [-0.15, -0.1) is 0 Å². The Morgan fingerprint density at radius 1 is 1.24 bits per heavy atom. The second-order valence-corrected chi connectivity index (χ2v) is 4.09. The van der Waals surface area contributed by atoms with Gasteiger partial charge in [-0.3, -0.25) is 19.7 Å². The van der Waals surface area contributed by atoms with Crippen LogP contribution in [0.5, 0.6) is 0 Å². The van der Waals surface area contributed by atoms with Gasteiger partial charge in [0.25, 0.3) is 0 Å². The van der Waals surface area contributed by atoms with Crippen molar-refractivity contribution in [3.8, 4) is 0 Å². The molecule has 1 aliphatic carbocycles. The number of hydrogen-bond donors (Lipinski definition) is 0. The second kappa shape index (κ2) is 3.76. The first-order valence-corrected chi connectivity index (χ1v) is 5.32. The molecule has 0 radical (unpaired) electrons. The first-order valence-electron chi connectivity index (χ1n) is 5.32. The molecule has 0 aromatic heterocycles. The van der Waals surface area contributed by atoms with E-state index in [9.17, 15) is 19.7 Å². The zero-order valence-electron chi connectivity index (χ0n) is 9.52. The lowest BCUT2D eigenvalue weighted by Crippen LogP contribution is -2.31. The molecule has 0 fully saturated rings. The predicted octanol–water partition coefficient (Wildman–Crippen LogP) is 1.58. The van der Waals surface area contributed by atoms with Crippen LogP contribution in [0.4, 0.5) is 0 Å². The Morgan fingerprint density at radius 2 is 1.76 bits per heavy atom. The molecular formula is C12H11NO4. The molecule has 5 nitrogen and oxygen atoms in total. The summed E-state index contributed by atoms with van der Waals surface area (Å²) in [4.78, 5) is 33.4. The third kappa shape index (κ3) is 1.54. The smallest absolute Gasteiger partial charge is 0.286 e. The Morgan fingerprint density at radius 3 is 2.24 bits per heavy atom. The van der Waals surface area contributed by atoms with Gasteiger partial charge in [0.1, 0.15) is 0 Å². The molecule has 88 valence electrons. The van der Waals surface area contributed by atoms with Crippen LogP contribution in [-0.2, 0) is 6.42 Å². The van der Waals surface area contributed by atoms with Gasteiger partial charge in [-0.25, -0.2) is 0 Å². The lowest BCUT2D eigenvalue weighted by molar-refractivity contribution is -0.488. The lowest BCUT2D eigenvalue weighted by atomic mass is 9.99. The van der Waals surface area contributed by atoms with Crippen LogP contribution in [0.2, 0.25) is 0 Å². The fourth-order valence-electron chi connectivity index (χ4n) is 2.15. The highest BCUT2D eigenvalue weighted by Gasteiger charge is 2.47. The van der Waals surface area contributed by atoms with E-state index in [-0.39, 0.29) is 11.1 Å². The highest BCUT2D eigenvalue weighted by Crippen LogP contribution is 2.27. The van der Waals surface area contributed by atoms with E-state index >= 15 is 0 Å². The number of aryl methyl sites for hydroxylation is 2. The van der Waals surface area contributed by atoms with Crippen LogP contribution in [0, 0.1) is 17.0 Å². The molecule has 1 atom stereocenters. The number of carbonyl (C=O) groups excluding carboxylic acids is 2. The molecule has 1 aromatic rings. The molecular weight excluding hydrogens is 222 g/mol. The molecule has 0 aliphatic heterocycles. The molecule has 0 heterocycles. The number of fused-ring (bicyclic) bond motifs is 1. The van der Waals surface area contributed by atoms with Gasteiger partial charge in [0.05, 0.1) is 0 Å². The molecule has 5 heteroatoms. The SMILES string of the molecule is CCc1cc2c(cc1C)C(=O)C([N+](=O)[O-])C2=O. The van der Waals surface area contributed by atoms with Crippen LogP contribution in [-0.4, -0.2) is 22.5 Å². The Balaban J connectivity index is 2.62. The summed E-state index contributed by atoms with van der Waals surface area (Å²) in [6.07, 6.45) is 0.726. The summed E-state index contributed by atoms with van der Waals surface area (Å²) < 4.78 is 0. The quantitative estimate of drug-likeness (QED) is 0.441. The van der Waals surface area contributed by atoms with E-state index in [2.05, 4.69) is 0 Å². The molecule has 0 bridgehead atoms. The molecule has 0 saturated heterocycles. The van der Waals surface area contributed by atoms with Crippen molar-refractivity contribution in [1.82, 2.24) is 0 Å². The molecule has 0 N–H and O–H groups in total. The summed E-state index contributed by atoms with van der Waals surface area (Å²) >= 11 is 0. The Kier molecular flexibility index (Phi) is 2.53. The average molecular weight is 233 g/mol. The Hall–Kier alpha value is -2.04. The van der Waals surface area contributed by atoms with Crippen LogP contribution in [0.1, 0.15) is 38.8 Å². The summed E-state index contributed by atoms with van der Waals surface area (Å²) in [5.74, 6) is -1.38. The maximum atomic E-state index is 11.8. The maximum Gasteiger partial charge on any atom is 0.336 e. The molecule has 1 unspecified atom stereocenters. The van der Waals surface area contributed by atoms with Gasteiger partial charge in [0.2, 0.25) is 11.6 Å². The highest BCUT2D eigenvalue weighted by molar-refractivity contribution is 6.28. The van der Waals surface area contributed by atoms with Crippen LogP contribution >= 0.6 is 0 Å².